The number of halogens is 2. The van der Waals surface area contributed by atoms with Crippen molar-refractivity contribution in [3.63, 3.8) is 0 Å². The molecule has 0 aromatic carbocycles. The van der Waals surface area contributed by atoms with Gasteiger partial charge in [0.15, 0.2) is 0 Å². The zero-order chi connectivity index (χ0) is 19.0. The topological polar surface area (TPSA) is 110 Å². The summed E-state index contributed by atoms with van der Waals surface area (Å²) >= 11 is 6.63. The first kappa shape index (κ1) is 19.7. The number of alkyl halides is 2. The molecule has 0 bridgehead atoms. The molecule has 9 nitrogen and oxygen atoms in total. The Balaban J connectivity index is 1.44. The summed E-state index contributed by atoms with van der Waals surface area (Å²) in [6, 6.07) is -0.0131. The van der Waals surface area contributed by atoms with Crippen molar-refractivity contribution in [2.24, 2.45) is 11.7 Å². The Morgan fingerprint density at radius 1 is 1.19 bits per heavy atom. The zero-order valence-corrected chi connectivity index (χ0v) is 16.1. The van der Waals surface area contributed by atoms with Crippen LogP contribution in [0.3, 0.4) is 0 Å². The summed E-state index contributed by atoms with van der Waals surface area (Å²) in [7, 11) is 0. The molecule has 0 spiro atoms. The molecule has 7 atom stereocenters. The van der Waals surface area contributed by atoms with Gasteiger partial charge in [-0.15, -0.1) is 11.6 Å². The van der Waals surface area contributed by atoms with E-state index in [2.05, 4.69) is 31.6 Å². The third kappa shape index (κ3) is 4.08. The van der Waals surface area contributed by atoms with E-state index in [9.17, 15) is 9.18 Å². The van der Waals surface area contributed by atoms with Gasteiger partial charge in [0.1, 0.15) is 6.17 Å². The molecule has 11 heteroatoms. The molecule has 27 heavy (non-hydrogen) atoms. The summed E-state index contributed by atoms with van der Waals surface area (Å²) in [5.41, 5.74) is 9.18. The van der Waals surface area contributed by atoms with Crippen molar-refractivity contribution < 1.29 is 9.18 Å². The molecule has 0 aromatic rings. The van der Waals surface area contributed by atoms with Crippen molar-refractivity contribution in [1.82, 2.24) is 36.6 Å². The minimum absolute atomic E-state index is 0.0749. The predicted molar refractivity (Wildman–Crippen MR) is 101 cm³/mol. The molecule has 154 valence electrons. The lowest BCUT2D eigenvalue weighted by atomic mass is 9.95. The number of amides is 1. The molecule has 4 saturated heterocycles. The lowest BCUT2D eigenvalue weighted by Crippen LogP contribution is -2.68. The van der Waals surface area contributed by atoms with E-state index in [1.54, 1.807) is 5.01 Å². The molecule has 4 heterocycles. The zero-order valence-electron chi connectivity index (χ0n) is 15.3. The number of rotatable bonds is 3. The average Bonchev–Trinajstić information content (AvgIpc) is 2.97. The molecule has 1 amide bonds. The van der Waals surface area contributed by atoms with Crippen LogP contribution in [0, 0.1) is 5.92 Å². The average molecular weight is 405 g/mol. The summed E-state index contributed by atoms with van der Waals surface area (Å²) < 4.78 is 13.6. The number of hydrazine groups is 1. The fourth-order valence-corrected chi connectivity index (χ4v) is 5.17. The molecule has 4 rings (SSSR count). The van der Waals surface area contributed by atoms with Crippen LogP contribution in [-0.2, 0) is 4.79 Å². The Hall–Kier alpha value is -0.590. The summed E-state index contributed by atoms with van der Waals surface area (Å²) in [6.07, 6.45) is -1.82. The second kappa shape index (κ2) is 8.42. The van der Waals surface area contributed by atoms with Gasteiger partial charge in [0.2, 0.25) is 5.91 Å². The lowest BCUT2D eigenvalue weighted by molar-refractivity contribution is -0.128. The second-order valence-electron chi connectivity index (χ2n) is 7.85. The van der Waals surface area contributed by atoms with E-state index >= 15 is 0 Å². The summed E-state index contributed by atoms with van der Waals surface area (Å²) in [4.78, 5) is 15.5. The lowest BCUT2D eigenvalue weighted by Gasteiger charge is -2.45. The van der Waals surface area contributed by atoms with Crippen LogP contribution in [0.25, 0.3) is 0 Å². The molecular weight excluding hydrogens is 375 g/mol. The highest BCUT2D eigenvalue weighted by Gasteiger charge is 2.48. The number of nitrogens with zero attached hydrogens (tertiary/aromatic N) is 2. The van der Waals surface area contributed by atoms with Gasteiger partial charge < -0.3 is 21.7 Å². The van der Waals surface area contributed by atoms with Crippen LogP contribution in [0.4, 0.5) is 4.39 Å². The molecular formula is C16H30ClFN8O. The smallest absolute Gasteiger partial charge is 0.229 e. The van der Waals surface area contributed by atoms with E-state index in [0.29, 0.717) is 6.54 Å². The van der Waals surface area contributed by atoms with Gasteiger partial charge >= 0.3 is 0 Å². The number of hydrogen-bond donors (Lipinski definition) is 6. The number of carbonyl (C=O) groups is 1. The molecule has 4 aliphatic rings. The standard InChI is InChI=1S/C16H30ClFN8O/c17-10-6-21-7-11(13(10)25-3-1-20-2-4-25)23-16(27)12-14(19)24-26-8-9(18)5-22-15(12)26/h9-15,20-22,24H,1-8,19H2,(H,23,27). The molecule has 7 unspecified atom stereocenters. The van der Waals surface area contributed by atoms with Crippen LogP contribution >= 0.6 is 11.6 Å². The number of hydrogen-bond acceptors (Lipinski definition) is 8. The number of nitrogens with one attached hydrogen (secondary N) is 5. The van der Waals surface area contributed by atoms with Gasteiger partial charge in [-0.25, -0.2) is 14.8 Å². The van der Waals surface area contributed by atoms with Crippen LogP contribution in [0.15, 0.2) is 0 Å². The fraction of sp³-hybridized carbons (Fsp3) is 0.938. The summed E-state index contributed by atoms with van der Waals surface area (Å²) in [5, 5.41) is 14.6. The monoisotopic (exact) mass is 404 g/mol. The highest BCUT2D eigenvalue weighted by Crippen LogP contribution is 2.24. The van der Waals surface area contributed by atoms with Crippen LogP contribution in [0.5, 0.6) is 0 Å². The first-order valence-electron chi connectivity index (χ1n) is 9.80. The summed E-state index contributed by atoms with van der Waals surface area (Å²) in [5.74, 6) is -0.609. The Bertz CT molecular complexity index is 539. The normalized spacial score (nSPS) is 44.0. The van der Waals surface area contributed by atoms with Gasteiger partial charge in [-0.2, -0.15) is 0 Å². The molecule has 0 saturated carbocycles. The molecule has 4 aliphatic heterocycles. The maximum absolute atomic E-state index is 13.6. The number of carbonyl (C=O) groups excluding carboxylic acids is 1. The largest absolute Gasteiger partial charge is 0.350 e. The minimum atomic E-state index is -0.973. The summed E-state index contributed by atoms with van der Waals surface area (Å²) in [6.45, 7) is 5.55. The quantitative estimate of drug-likeness (QED) is 0.275. The van der Waals surface area contributed by atoms with Crippen LogP contribution in [0.2, 0.25) is 0 Å². The first-order valence-corrected chi connectivity index (χ1v) is 10.2. The Morgan fingerprint density at radius 2 is 1.96 bits per heavy atom. The van der Waals surface area contributed by atoms with E-state index in [4.69, 9.17) is 17.3 Å². The van der Waals surface area contributed by atoms with Crippen molar-refractivity contribution in [2.75, 3.05) is 52.4 Å². The molecule has 0 radical (unpaired) electrons. The van der Waals surface area contributed by atoms with Crippen LogP contribution in [-0.4, -0.2) is 104 Å². The maximum atomic E-state index is 13.6. The molecule has 0 aromatic heterocycles. The maximum Gasteiger partial charge on any atom is 0.229 e. The number of fused-ring (bicyclic) bond motifs is 1. The minimum Gasteiger partial charge on any atom is -0.350 e. The Morgan fingerprint density at radius 3 is 2.74 bits per heavy atom. The highest BCUT2D eigenvalue weighted by molar-refractivity contribution is 6.21. The number of piperazine rings is 1. The van der Waals surface area contributed by atoms with Gasteiger partial charge in [0.05, 0.1) is 29.7 Å². The highest BCUT2D eigenvalue weighted by atomic mass is 35.5. The Kier molecular flexibility index (Phi) is 6.15. The molecule has 4 fully saturated rings. The molecule has 0 aliphatic carbocycles. The van der Waals surface area contributed by atoms with Gasteiger partial charge in [0.25, 0.3) is 0 Å². The number of piperidine rings is 1. The SMILES string of the molecule is NC1NN2CC(F)CNC2C1C(=O)NC1CNCC(Cl)C1N1CCNCC1. The van der Waals surface area contributed by atoms with E-state index in [1.165, 1.54) is 0 Å². The predicted octanol–water partition coefficient (Wildman–Crippen LogP) is -3.06. The van der Waals surface area contributed by atoms with Gasteiger partial charge in [-0.3, -0.25) is 15.0 Å². The molecule has 7 N–H and O–H groups in total. The van der Waals surface area contributed by atoms with Crippen molar-refractivity contribution in [1.29, 1.82) is 0 Å². The van der Waals surface area contributed by atoms with E-state index in [1.807, 2.05) is 0 Å². The second-order valence-corrected chi connectivity index (χ2v) is 8.41. The van der Waals surface area contributed by atoms with E-state index in [0.717, 1.165) is 32.7 Å². The van der Waals surface area contributed by atoms with Gasteiger partial charge in [-0.1, -0.05) is 0 Å². The van der Waals surface area contributed by atoms with E-state index in [-0.39, 0.29) is 42.6 Å². The Labute approximate surface area is 163 Å². The third-order valence-electron chi connectivity index (χ3n) is 6.01. The van der Waals surface area contributed by atoms with Crippen molar-refractivity contribution in [3.8, 4) is 0 Å². The van der Waals surface area contributed by atoms with Crippen molar-refractivity contribution in [3.05, 3.63) is 0 Å². The van der Waals surface area contributed by atoms with Crippen molar-refractivity contribution >= 4 is 17.5 Å². The van der Waals surface area contributed by atoms with Crippen LogP contribution in [0.1, 0.15) is 0 Å². The third-order valence-corrected chi connectivity index (χ3v) is 6.42. The first-order chi connectivity index (χ1) is 13.0. The van der Waals surface area contributed by atoms with Gasteiger partial charge in [-0.05, 0) is 0 Å². The van der Waals surface area contributed by atoms with Crippen LogP contribution < -0.4 is 32.4 Å². The van der Waals surface area contributed by atoms with E-state index < -0.39 is 18.3 Å². The fourth-order valence-electron chi connectivity index (χ4n) is 4.73. The van der Waals surface area contributed by atoms with Crippen molar-refractivity contribution in [2.45, 2.75) is 36.0 Å². The van der Waals surface area contributed by atoms with Gasteiger partial charge in [0, 0.05) is 58.4 Å². The number of nitrogens with two attached hydrogens (primary N) is 1.